The summed E-state index contributed by atoms with van der Waals surface area (Å²) in [5.41, 5.74) is 4.32. The smallest absolute Gasteiger partial charge is 0.330 e. The van der Waals surface area contributed by atoms with Crippen LogP contribution in [0.3, 0.4) is 0 Å². The van der Waals surface area contributed by atoms with Gasteiger partial charge in [-0.1, -0.05) is 6.42 Å². The molecule has 3 N–H and O–H groups in total. The highest BCUT2D eigenvalue weighted by atomic mass is 35.5. The lowest BCUT2D eigenvalue weighted by molar-refractivity contribution is -0.137. The average Bonchev–Trinajstić information content (AvgIpc) is 2.84. The molecule has 0 aliphatic heterocycles. The Bertz CT molecular complexity index is 652. The number of nitrogens with one attached hydrogen (secondary N) is 1. The third-order valence-corrected chi connectivity index (χ3v) is 5.32. The van der Waals surface area contributed by atoms with E-state index in [-0.39, 0.29) is 24.9 Å². The summed E-state index contributed by atoms with van der Waals surface area (Å²) >= 11 is 0. The molecule has 1 aromatic rings. The van der Waals surface area contributed by atoms with E-state index in [0.29, 0.717) is 24.6 Å². The molecule has 0 aromatic heterocycles. The number of benzene rings is 1. The summed E-state index contributed by atoms with van der Waals surface area (Å²) in [6.45, 7) is 0.262. The zero-order valence-electron chi connectivity index (χ0n) is 11.9. The lowest BCUT2D eigenvalue weighted by Crippen LogP contribution is -2.40. The van der Waals surface area contributed by atoms with Gasteiger partial charge in [0.1, 0.15) is 10.7 Å². The van der Waals surface area contributed by atoms with E-state index in [9.17, 15) is 26.0 Å². The summed E-state index contributed by atoms with van der Waals surface area (Å²) in [6.07, 6.45) is -2.72. The van der Waals surface area contributed by atoms with Gasteiger partial charge in [-0.2, -0.15) is 13.2 Å². The first-order valence-corrected chi connectivity index (χ1v) is 8.22. The molecule has 132 valence electrons. The van der Waals surface area contributed by atoms with Crippen molar-refractivity contribution in [3.8, 4) is 0 Å². The van der Waals surface area contributed by atoms with Crippen LogP contribution in [0.15, 0.2) is 23.1 Å². The second-order valence-corrected chi connectivity index (χ2v) is 6.98. The van der Waals surface area contributed by atoms with Crippen LogP contribution in [-0.2, 0) is 16.2 Å². The molecule has 1 fully saturated rings. The van der Waals surface area contributed by atoms with Gasteiger partial charge in [0.2, 0.25) is 10.0 Å². The van der Waals surface area contributed by atoms with Crippen LogP contribution in [0.2, 0.25) is 0 Å². The van der Waals surface area contributed by atoms with Gasteiger partial charge in [-0.05, 0) is 43.5 Å². The van der Waals surface area contributed by atoms with Crippen LogP contribution in [-0.4, -0.2) is 21.0 Å². The summed E-state index contributed by atoms with van der Waals surface area (Å²) in [7, 11) is -4.38. The Labute approximate surface area is 137 Å². The first kappa shape index (κ1) is 20.1. The maximum Gasteiger partial charge on any atom is 0.416 e. The van der Waals surface area contributed by atoms with Crippen LogP contribution in [0.1, 0.15) is 24.8 Å². The number of sulfonamides is 1. The van der Waals surface area contributed by atoms with Gasteiger partial charge in [-0.3, -0.25) is 0 Å². The fourth-order valence-corrected chi connectivity index (χ4v) is 4.07. The quantitative estimate of drug-likeness (QED) is 0.793. The first-order valence-electron chi connectivity index (χ1n) is 6.74. The minimum atomic E-state index is -4.74. The number of hydrogen-bond donors (Lipinski definition) is 2. The topological polar surface area (TPSA) is 72.2 Å². The molecular formula is C13H17ClF4N2O2S. The molecule has 2 rings (SSSR count). The first-order chi connectivity index (χ1) is 10.1. The normalized spacial score (nSPS) is 22.0. The lowest BCUT2D eigenvalue weighted by Gasteiger charge is -2.20. The maximum atomic E-state index is 13.7. The van der Waals surface area contributed by atoms with Gasteiger partial charge in [0.15, 0.2) is 0 Å². The lowest BCUT2D eigenvalue weighted by atomic mass is 10.1. The molecule has 2 unspecified atom stereocenters. The van der Waals surface area contributed by atoms with Crippen molar-refractivity contribution in [3.05, 3.63) is 29.6 Å². The van der Waals surface area contributed by atoms with Crippen LogP contribution in [0.5, 0.6) is 0 Å². The second kappa shape index (κ2) is 7.33. The Morgan fingerprint density at radius 3 is 2.48 bits per heavy atom. The van der Waals surface area contributed by atoms with Gasteiger partial charge in [-0.15, -0.1) is 12.4 Å². The maximum absolute atomic E-state index is 13.7. The van der Waals surface area contributed by atoms with Crippen molar-refractivity contribution in [2.45, 2.75) is 36.4 Å². The van der Waals surface area contributed by atoms with Crippen LogP contribution in [0.4, 0.5) is 17.6 Å². The van der Waals surface area contributed by atoms with E-state index in [1.54, 1.807) is 0 Å². The minimum absolute atomic E-state index is 0. The number of alkyl halides is 3. The van der Waals surface area contributed by atoms with Crippen molar-refractivity contribution in [3.63, 3.8) is 0 Å². The number of nitrogens with two attached hydrogens (primary N) is 1. The van der Waals surface area contributed by atoms with Gasteiger partial charge in [-0.25, -0.2) is 17.5 Å². The summed E-state index contributed by atoms with van der Waals surface area (Å²) in [6, 6.07) is 0.840. The van der Waals surface area contributed by atoms with Crippen LogP contribution >= 0.6 is 12.4 Å². The third-order valence-electron chi connectivity index (χ3n) is 3.82. The number of halogens is 5. The monoisotopic (exact) mass is 376 g/mol. The number of rotatable bonds is 4. The fourth-order valence-electron chi connectivity index (χ4n) is 2.62. The van der Waals surface area contributed by atoms with Crippen molar-refractivity contribution in [2.75, 3.05) is 6.54 Å². The summed E-state index contributed by atoms with van der Waals surface area (Å²) in [5, 5.41) is 0. The molecule has 1 aliphatic carbocycles. The Hall–Kier alpha value is -0.900. The van der Waals surface area contributed by atoms with E-state index in [4.69, 9.17) is 5.73 Å². The van der Waals surface area contributed by atoms with Crippen molar-refractivity contribution in [2.24, 2.45) is 11.7 Å². The molecule has 23 heavy (non-hydrogen) atoms. The summed E-state index contributed by atoms with van der Waals surface area (Å²) in [4.78, 5) is -0.995. The van der Waals surface area contributed by atoms with Crippen LogP contribution < -0.4 is 10.5 Å². The molecule has 0 spiro atoms. The van der Waals surface area contributed by atoms with E-state index in [1.165, 1.54) is 0 Å². The van der Waals surface area contributed by atoms with E-state index in [1.807, 2.05) is 0 Å². The second-order valence-electron chi connectivity index (χ2n) is 5.30. The zero-order valence-corrected chi connectivity index (χ0v) is 13.6. The van der Waals surface area contributed by atoms with Crippen molar-refractivity contribution >= 4 is 22.4 Å². The molecular weight excluding hydrogens is 360 g/mol. The highest BCUT2D eigenvalue weighted by Gasteiger charge is 2.35. The molecule has 1 aromatic carbocycles. The summed E-state index contributed by atoms with van der Waals surface area (Å²) < 4.78 is 78.3. The third kappa shape index (κ3) is 4.56. The van der Waals surface area contributed by atoms with Crippen LogP contribution in [0, 0.1) is 11.7 Å². The summed E-state index contributed by atoms with van der Waals surface area (Å²) in [5.74, 6) is -1.31. The largest absolute Gasteiger partial charge is 0.416 e. The van der Waals surface area contributed by atoms with E-state index in [2.05, 4.69) is 4.72 Å². The van der Waals surface area contributed by atoms with Gasteiger partial charge in [0.05, 0.1) is 5.56 Å². The molecule has 2 atom stereocenters. The number of hydrogen-bond acceptors (Lipinski definition) is 3. The molecule has 0 bridgehead atoms. The van der Waals surface area contributed by atoms with Crippen LogP contribution in [0.25, 0.3) is 0 Å². The molecule has 10 heteroatoms. The van der Waals surface area contributed by atoms with E-state index in [0.717, 1.165) is 12.8 Å². The average molecular weight is 377 g/mol. The van der Waals surface area contributed by atoms with Crippen molar-refractivity contribution in [1.82, 2.24) is 4.72 Å². The molecule has 0 saturated heterocycles. The highest BCUT2D eigenvalue weighted by molar-refractivity contribution is 7.89. The van der Waals surface area contributed by atoms with E-state index < -0.39 is 38.5 Å². The Morgan fingerprint density at radius 1 is 1.26 bits per heavy atom. The molecule has 0 radical (unpaired) electrons. The Balaban J connectivity index is 0.00000264. The zero-order chi connectivity index (χ0) is 16.5. The molecule has 1 saturated carbocycles. The van der Waals surface area contributed by atoms with E-state index >= 15 is 0 Å². The van der Waals surface area contributed by atoms with Crippen molar-refractivity contribution in [1.29, 1.82) is 0 Å². The molecule has 1 aliphatic rings. The minimum Gasteiger partial charge on any atom is -0.330 e. The SMILES string of the molecule is Cl.NCC1CCCC1NS(=O)(=O)c1cc(C(F)(F)F)ccc1F. The highest BCUT2D eigenvalue weighted by Crippen LogP contribution is 2.32. The molecule has 4 nitrogen and oxygen atoms in total. The predicted molar refractivity (Wildman–Crippen MR) is 79.2 cm³/mol. The Kier molecular flexibility index (Phi) is 6.42. The van der Waals surface area contributed by atoms with Gasteiger partial charge in [0.25, 0.3) is 0 Å². The predicted octanol–water partition coefficient (Wildman–Crippen LogP) is 2.67. The standard InChI is InChI=1S/C13H16F4N2O2S.ClH/c14-10-5-4-9(13(15,16)17)6-12(10)22(20,21)19-11-3-1-2-8(11)7-18;/h4-6,8,11,19H,1-3,7,18H2;1H. The fraction of sp³-hybridized carbons (Fsp3) is 0.538. The molecule has 0 heterocycles. The molecule has 0 amide bonds. The van der Waals surface area contributed by atoms with Crippen molar-refractivity contribution < 1.29 is 26.0 Å². The van der Waals surface area contributed by atoms with Gasteiger partial charge in [0, 0.05) is 6.04 Å². The van der Waals surface area contributed by atoms with Gasteiger partial charge >= 0.3 is 6.18 Å². The Morgan fingerprint density at radius 2 is 1.91 bits per heavy atom. The van der Waals surface area contributed by atoms with Gasteiger partial charge < -0.3 is 5.73 Å².